The van der Waals surface area contributed by atoms with Crippen molar-refractivity contribution >= 4 is 11.8 Å². The Hall–Kier alpha value is -1.96. The van der Waals surface area contributed by atoms with E-state index < -0.39 is 0 Å². The minimum Gasteiger partial charge on any atom is -0.355 e. The van der Waals surface area contributed by atoms with Gasteiger partial charge in [0.2, 0.25) is 11.8 Å². The van der Waals surface area contributed by atoms with Gasteiger partial charge in [0.05, 0.1) is 31.2 Å². The lowest BCUT2D eigenvalue weighted by Crippen LogP contribution is -3.20. The first-order chi connectivity index (χ1) is 12.7. The van der Waals surface area contributed by atoms with Gasteiger partial charge in [-0.25, -0.2) is 4.68 Å². The number of hydrogen-bond acceptors (Lipinski definition) is 4. The van der Waals surface area contributed by atoms with E-state index in [1.165, 1.54) is 11.8 Å². The number of fused-ring (bicyclic) bond motifs is 3. The third kappa shape index (κ3) is 4.86. The van der Waals surface area contributed by atoms with Crippen LogP contribution < -0.4 is 15.5 Å². The van der Waals surface area contributed by atoms with E-state index >= 15 is 0 Å². The van der Waals surface area contributed by atoms with Crippen LogP contribution in [0.5, 0.6) is 0 Å². The van der Waals surface area contributed by atoms with Crippen LogP contribution in [-0.4, -0.2) is 59.0 Å². The Morgan fingerprint density at radius 1 is 1.30 bits per heavy atom. The quantitative estimate of drug-likeness (QED) is 0.562. The molecule has 4 heterocycles. The summed E-state index contributed by atoms with van der Waals surface area (Å²) < 4.78 is 1.97. The summed E-state index contributed by atoms with van der Waals surface area (Å²) in [5, 5.41) is 14.3. The molecular formula is C19H33N6O2+. The number of quaternary nitrogens is 1. The number of amides is 2. The zero-order valence-electron chi connectivity index (χ0n) is 16.9. The Balaban J connectivity index is 1.52. The third-order valence-corrected chi connectivity index (χ3v) is 5.90. The Labute approximate surface area is 161 Å². The van der Waals surface area contributed by atoms with Crippen molar-refractivity contribution in [2.75, 3.05) is 26.2 Å². The van der Waals surface area contributed by atoms with E-state index in [9.17, 15) is 9.59 Å². The average molecular weight is 378 g/mol. The van der Waals surface area contributed by atoms with Crippen LogP contribution >= 0.6 is 0 Å². The number of piperidine rings is 3. The fourth-order valence-corrected chi connectivity index (χ4v) is 4.33. The Bertz CT molecular complexity index is 680. The SMILES string of the molecule is CC(=O)NCCNC(=O)[C@H]1C[NH+]2CC[C@H]1C[C@@H]2Cn1cc(C(C)(C)C)nn1. The maximum absolute atomic E-state index is 12.5. The van der Waals surface area contributed by atoms with E-state index in [2.05, 4.69) is 47.9 Å². The molecule has 0 aromatic carbocycles. The van der Waals surface area contributed by atoms with Crippen LogP contribution in [0.25, 0.3) is 0 Å². The topological polar surface area (TPSA) is 93.3 Å². The molecule has 4 rings (SSSR count). The zero-order chi connectivity index (χ0) is 19.6. The highest BCUT2D eigenvalue weighted by atomic mass is 16.2. The summed E-state index contributed by atoms with van der Waals surface area (Å²) in [6.45, 7) is 11.8. The van der Waals surface area contributed by atoms with Crippen molar-refractivity contribution in [3.63, 3.8) is 0 Å². The predicted octanol–water partition coefficient (Wildman–Crippen LogP) is -0.879. The van der Waals surface area contributed by atoms with Crippen LogP contribution in [-0.2, 0) is 21.5 Å². The molecule has 3 fully saturated rings. The second-order valence-corrected chi connectivity index (χ2v) is 9.05. The summed E-state index contributed by atoms with van der Waals surface area (Å²) in [4.78, 5) is 25.0. The number of nitrogens with zero attached hydrogens (tertiary/aromatic N) is 3. The van der Waals surface area contributed by atoms with Gasteiger partial charge in [0.15, 0.2) is 0 Å². The fourth-order valence-electron chi connectivity index (χ4n) is 4.33. The molecule has 0 aliphatic carbocycles. The van der Waals surface area contributed by atoms with E-state index in [0.29, 0.717) is 25.0 Å². The molecule has 3 aliphatic heterocycles. The predicted molar refractivity (Wildman–Crippen MR) is 101 cm³/mol. The van der Waals surface area contributed by atoms with Crippen molar-refractivity contribution in [1.29, 1.82) is 0 Å². The van der Waals surface area contributed by atoms with Gasteiger partial charge in [-0.2, -0.15) is 0 Å². The van der Waals surface area contributed by atoms with Gasteiger partial charge in [-0.1, -0.05) is 26.0 Å². The largest absolute Gasteiger partial charge is 0.355 e. The normalized spacial score (nSPS) is 27.4. The van der Waals surface area contributed by atoms with Crippen molar-refractivity contribution in [1.82, 2.24) is 25.6 Å². The van der Waals surface area contributed by atoms with E-state index in [1.807, 2.05) is 4.68 Å². The van der Waals surface area contributed by atoms with Gasteiger partial charge in [-0.15, -0.1) is 5.10 Å². The lowest BCUT2D eigenvalue weighted by molar-refractivity contribution is -0.945. The van der Waals surface area contributed by atoms with Gasteiger partial charge in [0, 0.05) is 44.5 Å². The van der Waals surface area contributed by atoms with Gasteiger partial charge >= 0.3 is 0 Å². The van der Waals surface area contributed by atoms with Crippen LogP contribution in [0.2, 0.25) is 0 Å². The summed E-state index contributed by atoms with van der Waals surface area (Å²) in [5.41, 5.74) is 1.03. The molecule has 27 heavy (non-hydrogen) atoms. The van der Waals surface area contributed by atoms with E-state index in [1.54, 1.807) is 0 Å². The molecule has 8 nitrogen and oxygen atoms in total. The molecule has 3 N–H and O–H groups in total. The molecule has 3 saturated heterocycles. The number of carbonyl (C=O) groups excluding carboxylic acids is 2. The molecule has 1 aromatic rings. The highest BCUT2D eigenvalue weighted by Gasteiger charge is 2.46. The smallest absolute Gasteiger partial charge is 0.229 e. The maximum Gasteiger partial charge on any atom is 0.229 e. The summed E-state index contributed by atoms with van der Waals surface area (Å²) in [5.74, 6) is 0.598. The van der Waals surface area contributed by atoms with Crippen LogP contribution in [0.3, 0.4) is 0 Å². The molecule has 0 spiro atoms. The summed E-state index contributed by atoms with van der Waals surface area (Å²) in [6, 6.07) is 0.502. The molecule has 0 radical (unpaired) electrons. The van der Waals surface area contributed by atoms with Crippen LogP contribution in [0.15, 0.2) is 6.20 Å². The molecule has 1 unspecified atom stereocenters. The lowest BCUT2D eigenvalue weighted by Gasteiger charge is -2.46. The van der Waals surface area contributed by atoms with Crippen LogP contribution in [0, 0.1) is 11.8 Å². The van der Waals surface area contributed by atoms with Gasteiger partial charge in [-0.3, -0.25) is 9.59 Å². The Morgan fingerprint density at radius 3 is 2.63 bits per heavy atom. The lowest BCUT2D eigenvalue weighted by atomic mass is 9.75. The number of aromatic nitrogens is 3. The second kappa shape index (κ2) is 7.96. The standard InChI is InChI=1S/C19H32N6O2/c1-13(26)20-6-7-21-18(27)16-11-24-8-5-14(16)9-15(24)10-25-12-17(22-23-25)19(2,3)4/h12,14-16H,5-11H2,1-4H3,(H,20,26)(H,21,27)/p+1/t14-,15+,16-/m0/s1. The van der Waals surface area contributed by atoms with Gasteiger partial charge < -0.3 is 15.5 Å². The van der Waals surface area contributed by atoms with Gasteiger partial charge in [-0.05, 0) is 5.92 Å². The third-order valence-electron chi connectivity index (χ3n) is 5.90. The minimum atomic E-state index is -0.0675. The molecule has 1 aromatic heterocycles. The van der Waals surface area contributed by atoms with Crippen molar-refractivity contribution < 1.29 is 14.5 Å². The van der Waals surface area contributed by atoms with Crippen molar-refractivity contribution in [3.05, 3.63) is 11.9 Å². The summed E-state index contributed by atoms with van der Waals surface area (Å²) in [6.07, 6.45) is 4.24. The summed E-state index contributed by atoms with van der Waals surface area (Å²) >= 11 is 0. The molecule has 2 amide bonds. The van der Waals surface area contributed by atoms with E-state index in [4.69, 9.17) is 0 Å². The molecule has 3 aliphatic rings. The first kappa shape index (κ1) is 19.8. The van der Waals surface area contributed by atoms with Crippen molar-refractivity contribution in [2.24, 2.45) is 11.8 Å². The maximum atomic E-state index is 12.5. The minimum absolute atomic E-state index is 0.0113. The first-order valence-corrected chi connectivity index (χ1v) is 10.0. The molecule has 8 heteroatoms. The Morgan fingerprint density at radius 2 is 2.04 bits per heavy atom. The number of hydrogen-bond donors (Lipinski definition) is 3. The highest BCUT2D eigenvalue weighted by molar-refractivity contribution is 5.79. The molecular weight excluding hydrogens is 344 g/mol. The van der Waals surface area contributed by atoms with Crippen molar-refractivity contribution in [2.45, 2.75) is 58.5 Å². The van der Waals surface area contributed by atoms with E-state index in [0.717, 1.165) is 38.2 Å². The summed E-state index contributed by atoms with van der Waals surface area (Å²) in [7, 11) is 0. The molecule has 4 atom stereocenters. The van der Waals surface area contributed by atoms with Gasteiger partial charge in [0.25, 0.3) is 0 Å². The highest BCUT2D eigenvalue weighted by Crippen LogP contribution is 2.28. The fraction of sp³-hybridized carbons (Fsp3) is 0.789. The second-order valence-electron chi connectivity index (χ2n) is 9.05. The number of nitrogens with one attached hydrogen (secondary N) is 3. The average Bonchev–Trinajstić information content (AvgIpc) is 3.08. The number of carbonyl (C=O) groups is 2. The Kier molecular flexibility index (Phi) is 5.83. The first-order valence-electron chi connectivity index (χ1n) is 10.0. The van der Waals surface area contributed by atoms with E-state index in [-0.39, 0.29) is 23.1 Å². The monoisotopic (exact) mass is 377 g/mol. The molecule has 2 bridgehead atoms. The van der Waals surface area contributed by atoms with Crippen LogP contribution in [0.4, 0.5) is 0 Å². The zero-order valence-corrected chi connectivity index (χ0v) is 16.9. The molecule has 0 saturated carbocycles. The van der Waals surface area contributed by atoms with Gasteiger partial charge in [0.1, 0.15) is 6.04 Å². The van der Waals surface area contributed by atoms with Crippen LogP contribution in [0.1, 0.15) is 46.2 Å². The number of rotatable bonds is 6. The molecule has 150 valence electrons. The van der Waals surface area contributed by atoms with Crippen molar-refractivity contribution in [3.8, 4) is 0 Å².